The van der Waals surface area contributed by atoms with Gasteiger partial charge in [0.15, 0.2) is 16.3 Å². The highest BCUT2D eigenvalue weighted by Crippen LogP contribution is 2.35. The molecule has 6 rings (SSSR count). The third kappa shape index (κ3) is 7.68. The maximum atomic E-state index is 14.2. The van der Waals surface area contributed by atoms with Crippen LogP contribution in [0.25, 0.3) is 11.8 Å². The molecule has 4 aromatic carbocycles. The second kappa shape index (κ2) is 15.8. The summed E-state index contributed by atoms with van der Waals surface area (Å²) < 4.78 is 38.5. The molecule has 5 aromatic rings. The van der Waals surface area contributed by atoms with E-state index < -0.39 is 17.8 Å². The lowest BCUT2D eigenvalue weighted by molar-refractivity contribution is -0.138. The summed E-state index contributed by atoms with van der Waals surface area (Å²) in [5, 5.41) is 0. The van der Waals surface area contributed by atoms with Gasteiger partial charge in [0.25, 0.3) is 5.56 Å². The normalized spacial score (nSPS) is 14.0. The number of esters is 2. The number of halogens is 1. The first-order valence-electron chi connectivity index (χ1n) is 16.5. The number of benzene rings is 4. The van der Waals surface area contributed by atoms with Gasteiger partial charge in [0.1, 0.15) is 12.4 Å². The zero-order valence-electron chi connectivity index (χ0n) is 28.3. The Balaban J connectivity index is 1.39. The van der Waals surface area contributed by atoms with Gasteiger partial charge in [-0.2, -0.15) is 0 Å². The molecule has 2 heterocycles. The molecule has 0 spiro atoms. The van der Waals surface area contributed by atoms with E-state index in [1.165, 1.54) is 28.0 Å². The van der Waals surface area contributed by atoms with Crippen molar-refractivity contribution in [1.29, 1.82) is 0 Å². The molecule has 0 unspecified atom stereocenters. The molecule has 1 atom stereocenters. The Morgan fingerprint density at radius 2 is 1.53 bits per heavy atom. The van der Waals surface area contributed by atoms with Crippen LogP contribution in [0.4, 0.5) is 4.39 Å². The van der Waals surface area contributed by atoms with Crippen molar-refractivity contribution < 1.29 is 32.9 Å². The molecule has 1 aliphatic heterocycles. The van der Waals surface area contributed by atoms with Gasteiger partial charge >= 0.3 is 11.9 Å². The number of aromatic nitrogens is 1. The number of thiazole rings is 1. The summed E-state index contributed by atoms with van der Waals surface area (Å²) in [7, 11) is 0. The molecule has 0 aliphatic carbocycles. The lowest BCUT2D eigenvalue weighted by atomic mass is 9.93. The van der Waals surface area contributed by atoms with Crippen LogP contribution < -0.4 is 24.4 Å². The van der Waals surface area contributed by atoms with Crippen LogP contribution in [0.15, 0.2) is 112 Å². The average molecular weight is 707 g/mol. The molecule has 1 aromatic heterocycles. The van der Waals surface area contributed by atoms with Gasteiger partial charge in [0, 0.05) is 5.56 Å². The standard InChI is InChI=1S/C40H35FN2O7S/c1-4-47-32-22-26(14-21-31(32)50-24-25-12-15-29(16-13-25)38(45)48-5-2)23-33-37(44)43-36(28-17-19-30(41)20-18-28)34(39(46)49-6-3)35(42-40(43)51-33)27-10-8-7-9-11-27/h7-23,36H,4-6,24H2,1-3H3/b33-23-/t36-/m0/s1. The predicted octanol–water partition coefficient (Wildman–Crippen LogP) is 6.23. The smallest absolute Gasteiger partial charge is 0.338 e. The summed E-state index contributed by atoms with van der Waals surface area (Å²) in [5.74, 6) is -0.445. The maximum Gasteiger partial charge on any atom is 0.338 e. The largest absolute Gasteiger partial charge is 0.490 e. The van der Waals surface area contributed by atoms with Gasteiger partial charge in [-0.3, -0.25) is 9.36 Å². The lowest BCUT2D eigenvalue weighted by Gasteiger charge is -2.25. The van der Waals surface area contributed by atoms with Crippen molar-refractivity contribution in [1.82, 2.24) is 4.57 Å². The minimum atomic E-state index is -0.917. The van der Waals surface area contributed by atoms with Crippen LogP contribution in [0.3, 0.4) is 0 Å². The fraction of sp³-hybridized carbons (Fsp3) is 0.200. The Morgan fingerprint density at radius 3 is 2.22 bits per heavy atom. The topological polar surface area (TPSA) is 105 Å². The van der Waals surface area contributed by atoms with Crippen molar-refractivity contribution in [2.24, 2.45) is 4.99 Å². The molecule has 51 heavy (non-hydrogen) atoms. The molecule has 0 saturated carbocycles. The van der Waals surface area contributed by atoms with Crippen molar-refractivity contribution in [2.45, 2.75) is 33.4 Å². The van der Waals surface area contributed by atoms with Crippen LogP contribution in [-0.2, 0) is 20.9 Å². The Bertz CT molecular complexity index is 2260. The third-order valence-electron chi connectivity index (χ3n) is 7.98. The van der Waals surface area contributed by atoms with E-state index in [1.807, 2.05) is 43.3 Å². The number of carbonyl (C=O) groups is 2. The number of ether oxygens (including phenoxy) is 4. The summed E-state index contributed by atoms with van der Waals surface area (Å²) in [6.07, 6.45) is 1.74. The van der Waals surface area contributed by atoms with Gasteiger partial charge in [-0.05, 0) is 79.9 Å². The highest BCUT2D eigenvalue weighted by molar-refractivity contribution is 7.07. The summed E-state index contributed by atoms with van der Waals surface area (Å²) in [5.41, 5.74) is 3.40. The van der Waals surface area contributed by atoms with E-state index in [2.05, 4.69) is 0 Å². The fourth-order valence-electron chi connectivity index (χ4n) is 5.67. The first kappa shape index (κ1) is 35.0. The Hall–Kier alpha value is -5.81. The average Bonchev–Trinajstić information content (AvgIpc) is 3.45. The van der Waals surface area contributed by atoms with Gasteiger partial charge in [-0.1, -0.05) is 72.0 Å². The van der Waals surface area contributed by atoms with Crippen molar-refractivity contribution in [2.75, 3.05) is 19.8 Å². The SMILES string of the molecule is CCOC(=O)C1=C(c2ccccc2)N=c2s/c(=C\c3ccc(OCc4ccc(C(=O)OCC)cc4)c(OCC)c3)c(=O)n2[C@H]1c1ccc(F)cc1. The fourth-order valence-corrected chi connectivity index (χ4v) is 6.67. The Kier molecular flexibility index (Phi) is 10.9. The van der Waals surface area contributed by atoms with Crippen molar-refractivity contribution in [3.05, 3.63) is 156 Å². The molecule has 0 fully saturated rings. The summed E-state index contributed by atoms with van der Waals surface area (Å²) in [6, 6.07) is 26.4. The second-order valence-electron chi connectivity index (χ2n) is 11.3. The van der Waals surface area contributed by atoms with Gasteiger partial charge in [0.05, 0.1) is 47.2 Å². The van der Waals surface area contributed by atoms with E-state index in [-0.39, 0.29) is 30.3 Å². The van der Waals surface area contributed by atoms with E-state index in [4.69, 9.17) is 23.9 Å². The van der Waals surface area contributed by atoms with Gasteiger partial charge in [0.2, 0.25) is 0 Å². The quantitative estimate of drug-likeness (QED) is 0.142. The van der Waals surface area contributed by atoms with Crippen LogP contribution in [-0.4, -0.2) is 36.3 Å². The van der Waals surface area contributed by atoms with E-state index >= 15 is 0 Å². The molecular formula is C40H35FN2O7S. The van der Waals surface area contributed by atoms with Crippen molar-refractivity contribution in [3.8, 4) is 11.5 Å². The predicted molar refractivity (Wildman–Crippen MR) is 192 cm³/mol. The van der Waals surface area contributed by atoms with Gasteiger partial charge in [-0.15, -0.1) is 0 Å². The van der Waals surface area contributed by atoms with Crippen LogP contribution in [0.1, 0.15) is 59.4 Å². The van der Waals surface area contributed by atoms with Crippen LogP contribution in [0, 0.1) is 5.82 Å². The number of hydrogen-bond acceptors (Lipinski definition) is 9. The molecular weight excluding hydrogens is 672 g/mol. The highest BCUT2D eigenvalue weighted by atomic mass is 32.1. The van der Waals surface area contributed by atoms with Crippen molar-refractivity contribution >= 4 is 35.0 Å². The highest BCUT2D eigenvalue weighted by Gasteiger charge is 2.35. The lowest BCUT2D eigenvalue weighted by Crippen LogP contribution is -2.40. The monoisotopic (exact) mass is 706 g/mol. The molecule has 0 saturated heterocycles. The number of nitrogens with zero attached hydrogens (tertiary/aromatic N) is 2. The molecule has 0 radical (unpaired) electrons. The molecule has 260 valence electrons. The minimum Gasteiger partial charge on any atom is -0.490 e. The van der Waals surface area contributed by atoms with Crippen LogP contribution in [0.2, 0.25) is 0 Å². The van der Waals surface area contributed by atoms with Gasteiger partial charge < -0.3 is 18.9 Å². The molecule has 9 nitrogen and oxygen atoms in total. The summed E-state index contributed by atoms with van der Waals surface area (Å²) >= 11 is 1.18. The molecule has 1 aliphatic rings. The van der Waals surface area contributed by atoms with E-state index in [0.717, 1.165) is 5.56 Å². The van der Waals surface area contributed by atoms with E-state index in [0.29, 0.717) is 62.0 Å². The molecule has 0 bridgehead atoms. The van der Waals surface area contributed by atoms with Gasteiger partial charge in [-0.25, -0.2) is 19.0 Å². The number of fused-ring (bicyclic) bond motifs is 1. The van der Waals surface area contributed by atoms with Crippen LogP contribution >= 0.6 is 11.3 Å². The second-order valence-corrected chi connectivity index (χ2v) is 12.3. The number of rotatable bonds is 12. The first-order chi connectivity index (χ1) is 24.8. The minimum absolute atomic E-state index is 0.120. The summed E-state index contributed by atoms with van der Waals surface area (Å²) in [6.45, 7) is 6.37. The number of hydrogen-bond donors (Lipinski definition) is 0. The molecule has 0 N–H and O–H groups in total. The molecule has 11 heteroatoms. The Labute approximate surface area is 297 Å². The van der Waals surface area contributed by atoms with E-state index in [9.17, 15) is 18.8 Å². The van der Waals surface area contributed by atoms with Crippen LogP contribution in [0.5, 0.6) is 11.5 Å². The summed E-state index contributed by atoms with van der Waals surface area (Å²) in [4.78, 5) is 45.1. The maximum absolute atomic E-state index is 14.2. The molecule has 0 amide bonds. The third-order valence-corrected chi connectivity index (χ3v) is 8.97. The zero-order chi connectivity index (χ0) is 35.9. The zero-order valence-corrected chi connectivity index (χ0v) is 29.1. The number of carbonyl (C=O) groups excluding carboxylic acids is 2. The van der Waals surface area contributed by atoms with E-state index in [1.54, 1.807) is 68.5 Å². The first-order valence-corrected chi connectivity index (χ1v) is 17.3. The van der Waals surface area contributed by atoms with Crippen molar-refractivity contribution in [3.63, 3.8) is 0 Å². The Morgan fingerprint density at radius 1 is 0.824 bits per heavy atom.